The highest BCUT2D eigenvalue weighted by atomic mass is 16.3. The molecule has 0 saturated heterocycles. The maximum absolute atomic E-state index is 11.9. The molecule has 158 valence electrons. The number of amides is 1. The van der Waals surface area contributed by atoms with Crippen molar-refractivity contribution in [1.82, 2.24) is 19.7 Å². The van der Waals surface area contributed by atoms with E-state index in [9.17, 15) is 10.1 Å². The summed E-state index contributed by atoms with van der Waals surface area (Å²) in [6.07, 6.45) is 4.24. The predicted molar refractivity (Wildman–Crippen MR) is 114 cm³/mol. The van der Waals surface area contributed by atoms with Gasteiger partial charge in [-0.15, -0.1) is 0 Å². The summed E-state index contributed by atoms with van der Waals surface area (Å²) in [4.78, 5) is 26.5. The monoisotopic (exact) mass is 418 g/mol. The lowest BCUT2D eigenvalue weighted by atomic mass is 9.89. The van der Waals surface area contributed by atoms with Crippen LogP contribution in [0.1, 0.15) is 29.3 Å². The Morgan fingerprint density at radius 2 is 2.13 bits per heavy atom. The van der Waals surface area contributed by atoms with Crippen LogP contribution < -0.4 is 5.73 Å². The number of anilines is 1. The summed E-state index contributed by atoms with van der Waals surface area (Å²) in [6, 6.07) is 10.1. The Morgan fingerprint density at radius 1 is 1.39 bits per heavy atom. The highest BCUT2D eigenvalue weighted by Crippen LogP contribution is 2.37. The standard InChI is InChI=1S/C21H20N6O.CH2O2/c1-13-10-15(27-8-3-7-24-27)4-5-16(13)20-17(11-22)21(23)25-19-6-9-26(14(2)28)12-18(19)20;2-1-3/h3-5,7-8,10H,6,9,12H2,1-2H3,(H2,23,25);1H,(H,2,3). The number of nitrogen functional groups attached to an aromatic ring is 1. The van der Waals surface area contributed by atoms with Crippen molar-refractivity contribution in [3.63, 3.8) is 0 Å². The summed E-state index contributed by atoms with van der Waals surface area (Å²) < 4.78 is 1.79. The molecule has 1 aliphatic rings. The summed E-state index contributed by atoms with van der Waals surface area (Å²) in [5.41, 5.74) is 11.9. The average molecular weight is 418 g/mol. The summed E-state index contributed by atoms with van der Waals surface area (Å²) >= 11 is 0. The Kier molecular flexibility index (Phi) is 6.31. The van der Waals surface area contributed by atoms with Crippen LogP contribution in [0.15, 0.2) is 36.7 Å². The first-order valence-corrected chi connectivity index (χ1v) is 9.57. The molecule has 0 atom stereocenters. The number of nitrogens with two attached hydrogens (primary N) is 1. The number of benzene rings is 1. The number of carboxylic acid groups (broad SMARTS) is 1. The first-order chi connectivity index (χ1) is 14.9. The Bertz CT molecular complexity index is 1160. The van der Waals surface area contributed by atoms with Gasteiger partial charge in [-0.3, -0.25) is 9.59 Å². The molecule has 2 aromatic heterocycles. The molecule has 4 rings (SSSR count). The molecule has 31 heavy (non-hydrogen) atoms. The van der Waals surface area contributed by atoms with Crippen molar-refractivity contribution < 1.29 is 14.7 Å². The minimum atomic E-state index is -0.250. The van der Waals surface area contributed by atoms with Gasteiger partial charge < -0.3 is 15.7 Å². The number of fused-ring (bicyclic) bond motifs is 1. The SMILES string of the molecule is CC(=O)N1CCc2nc(N)c(C#N)c(-c3ccc(-n4cccn4)cc3C)c2C1.O=CO. The smallest absolute Gasteiger partial charge is 0.290 e. The maximum Gasteiger partial charge on any atom is 0.290 e. The highest BCUT2D eigenvalue weighted by Gasteiger charge is 2.27. The predicted octanol–water partition coefficient (Wildman–Crippen LogP) is 2.30. The van der Waals surface area contributed by atoms with E-state index in [4.69, 9.17) is 15.6 Å². The summed E-state index contributed by atoms with van der Waals surface area (Å²) in [7, 11) is 0. The zero-order chi connectivity index (χ0) is 22.5. The molecule has 3 heterocycles. The van der Waals surface area contributed by atoms with E-state index >= 15 is 0 Å². The molecule has 1 aliphatic heterocycles. The van der Waals surface area contributed by atoms with Gasteiger partial charge in [-0.05, 0) is 36.2 Å². The van der Waals surface area contributed by atoms with Crippen LogP contribution in [0.5, 0.6) is 0 Å². The third-order valence-electron chi connectivity index (χ3n) is 5.18. The van der Waals surface area contributed by atoms with Gasteiger partial charge in [0.15, 0.2) is 0 Å². The zero-order valence-electron chi connectivity index (χ0n) is 17.2. The average Bonchev–Trinajstić information content (AvgIpc) is 3.28. The van der Waals surface area contributed by atoms with Crippen LogP contribution in [0.25, 0.3) is 16.8 Å². The molecule has 3 N–H and O–H groups in total. The normalized spacial score (nSPS) is 12.2. The van der Waals surface area contributed by atoms with Crippen molar-refractivity contribution in [2.45, 2.75) is 26.8 Å². The lowest BCUT2D eigenvalue weighted by Crippen LogP contribution is -2.35. The molecular formula is C22H22N6O3. The second kappa shape index (κ2) is 9.09. The zero-order valence-corrected chi connectivity index (χ0v) is 17.2. The van der Waals surface area contributed by atoms with E-state index in [0.29, 0.717) is 25.1 Å². The number of hydrogen-bond donors (Lipinski definition) is 2. The van der Waals surface area contributed by atoms with Crippen LogP contribution >= 0.6 is 0 Å². The van der Waals surface area contributed by atoms with Crippen molar-refractivity contribution >= 4 is 18.2 Å². The third kappa shape index (κ3) is 4.23. The summed E-state index contributed by atoms with van der Waals surface area (Å²) in [6.45, 7) is 4.35. The highest BCUT2D eigenvalue weighted by molar-refractivity contribution is 5.82. The second-order valence-corrected chi connectivity index (χ2v) is 7.03. The molecule has 0 fully saturated rings. The Morgan fingerprint density at radius 3 is 2.71 bits per heavy atom. The van der Waals surface area contributed by atoms with Crippen LogP contribution in [0.4, 0.5) is 5.82 Å². The third-order valence-corrected chi connectivity index (χ3v) is 5.18. The van der Waals surface area contributed by atoms with Gasteiger partial charge in [-0.2, -0.15) is 10.4 Å². The summed E-state index contributed by atoms with van der Waals surface area (Å²) in [5, 5.41) is 20.9. The van der Waals surface area contributed by atoms with Crippen molar-refractivity contribution in [2.24, 2.45) is 0 Å². The van der Waals surface area contributed by atoms with E-state index in [1.54, 1.807) is 22.7 Å². The van der Waals surface area contributed by atoms with Gasteiger partial charge >= 0.3 is 0 Å². The van der Waals surface area contributed by atoms with Gasteiger partial charge in [-0.25, -0.2) is 9.67 Å². The second-order valence-electron chi connectivity index (χ2n) is 7.03. The maximum atomic E-state index is 11.9. The quantitative estimate of drug-likeness (QED) is 0.609. The van der Waals surface area contributed by atoms with Crippen molar-refractivity contribution in [3.8, 4) is 22.9 Å². The van der Waals surface area contributed by atoms with Crippen molar-refractivity contribution in [1.29, 1.82) is 5.26 Å². The molecule has 9 heteroatoms. The van der Waals surface area contributed by atoms with E-state index in [1.165, 1.54) is 0 Å². The number of nitriles is 1. The van der Waals surface area contributed by atoms with E-state index in [-0.39, 0.29) is 18.2 Å². The number of aromatic nitrogens is 3. The molecule has 0 bridgehead atoms. The number of carbonyl (C=O) groups is 2. The van der Waals surface area contributed by atoms with E-state index in [1.807, 2.05) is 37.4 Å². The molecule has 3 aromatic rings. The van der Waals surface area contributed by atoms with Crippen molar-refractivity contribution in [2.75, 3.05) is 12.3 Å². The van der Waals surface area contributed by atoms with Gasteiger partial charge in [0.25, 0.3) is 6.47 Å². The Labute approximate surface area is 179 Å². The molecule has 0 unspecified atom stereocenters. The molecule has 9 nitrogen and oxygen atoms in total. The number of hydrogen-bond acceptors (Lipinski definition) is 6. The molecule has 1 amide bonds. The van der Waals surface area contributed by atoms with Gasteiger partial charge in [0.1, 0.15) is 17.5 Å². The van der Waals surface area contributed by atoms with Gasteiger partial charge in [0, 0.05) is 50.0 Å². The minimum absolute atomic E-state index is 0.0117. The van der Waals surface area contributed by atoms with E-state index < -0.39 is 0 Å². The largest absolute Gasteiger partial charge is 0.483 e. The number of carbonyl (C=O) groups excluding carboxylic acids is 1. The number of rotatable bonds is 2. The first-order valence-electron chi connectivity index (χ1n) is 9.57. The van der Waals surface area contributed by atoms with E-state index in [0.717, 1.165) is 33.6 Å². The van der Waals surface area contributed by atoms with Gasteiger partial charge in [0.2, 0.25) is 5.91 Å². The fourth-order valence-electron chi connectivity index (χ4n) is 3.75. The van der Waals surface area contributed by atoms with Crippen LogP contribution in [-0.4, -0.2) is 43.7 Å². The lowest BCUT2D eigenvalue weighted by Gasteiger charge is -2.30. The molecule has 0 spiro atoms. The molecule has 1 aromatic carbocycles. The van der Waals surface area contributed by atoms with Gasteiger partial charge in [-0.1, -0.05) is 6.07 Å². The molecule has 0 aliphatic carbocycles. The van der Waals surface area contributed by atoms with Crippen LogP contribution in [0, 0.1) is 18.3 Å². The van der Waals surface area contributed by atoms with Crippen LogP contribution in [-0.2, 0) is 22.6 Å². The topological polar surface area (TPSA) is 138 Å². The number of aryl methyl sites for hydroxylation is 1. The number of pyridine rings is 1. The van der Waals surface area contributed by atoms with E-state index in [2.05, 4.69) is 16.2 Å². The lowest BCUT2D eigenvalue weighted by molar-refractivity contribution is -0.129. The molecule has 0 radical (unpaired) electrons. The van der Waals surface area contributed by atoms with Crippen LogP contribution in [0.3, 0.4) is 0 Å². The minimum Gasteiger partial charge on any atom is -0.483 e. The van der Waals surface area contributed by atoms with Gasteiger partial charge in [0.05, 0.1) is 11.4 Å². The fraction of sp³-hybridized carbons (Fsp3) is 0.227. The first kappa shape index (κ1) is 21.5. The fourth-order valence-corrected chi connectivity index (χ4v) is 3.75. The molecular weight excluding hydrogens is 396 g/mol. The van der Waals surface area contributed by atoms with Crippen molar-refractivity contribution in [3.05, 3.63) is 59.0 Å². The van der Waals surface area contributed by atoms with Crippen LogP contribution in [0.2, 0.25) is 0 Å². The Hall–Kier alpha value is -4.19. The summed E-state index contributed by atoms with van der Waals surface area (Å²) in [5.74, 6) is 0.251. The number of nitrogens with zero attached hydrogens (tertiary/aromatic N) is 5. The Balaban J connectivity index is 0.000000858. The molecule has 0 saturated carbocycles.